The van der Waals surface area contributed by atoms with Gasteiger partial charge in [0, 0.05) is 32.6 Å². The van der Waals surface area contributed by atoms with E-state index >= 15 is 0 Å². The molecule has 0 radical (unpaired) electrons. The van der Waals surface area contributed by atoms with E-state index in [1.807, 2.05) is 0 Å². The maximum atomic E-state index is 12.8. The Kier molecular flexibility index (Phi) is 7.13. The Hall–Kier alpha value is -1.64. The molecular formula is C14H18FIN4O. The number of oxazole rings is 1. The third-order valence-corrected chi connectivity index (χ3v) is 2.78. The quantitative estimate of drug-likeness (QED) is 0.467. The summed E-state index contributed by atoms with van der Waals surface area (Å²) >= 11 is 0. The Morgan fingerprint density at radius 1 is 1.33 bits per heavy atom. The lowest BCUT2D eigenvalue weighted by Crippen LogP contribution is -2.35. The normalized spacial score (nSPS) is 10.9. The van der Waals surface area contributed by atoms with Gasteiger partial charge in [0.2, 0.25) is 5.89 Å². The summed E-state index contributed by atoms with van der Waals surface area (Å²) in [6, 6.07) is 6.06. The third kappa shape index (κ3) is 5.00. The van der Waals surface area contributed by atoms with Crippen LogP contribution in [0.1, 0.15) is 5.69 Å². The van der Waals surface area contributed by atoms with Gasteiger partial charge in [-0.2, -0.15) is 0 Å². The number of benzene rings is 1. The molecule has 0 aliphatic rings. The van der Waals surface area contributed by atoms with Crippen LogP contribution in [-0.2, 0) is 6.42 Å². The van der Waals surface area contributed by atoms with Crippen molar-refractivity contribution in [2.45, 2.75) is 6.42 Å². The van der Waals surface area contributed by atoms with Gasteiger partial charge in [-0.25, -0.2) is 9.37 Å². The van der Waals surface area contributed by atoms with Crippen molar-refractivity contribution in [1.29, 1.82) is 0 Å². The largest absolute Gasteiger partial charge is 0.444 e. The SMILES string of the molecule is CN=C(NC)NCCc1coc(-c2ccc(F)cc2)n1.I. The van der Waals surface area contributed by atoms with Crippen molar-refractivity contribution >= 4 is 29.9 Å². The van der Waals surface area contributed by atoms with Crippen molar-refractivity contribution in [2.24, 2.45) is 4.99 Å². The van der Waals surface area contributed by atoms with E-state index in [0.29, 0.717) is 18.9 Å². The summed E-state index contributed by atoms with van der Waals surface area (Å²) in [6.45, 7) is 0.697. The zero-order valence-corrected chi connectivity index (χ0v) is 14.2. The standard InChI is InChI=1S/C14H17FN4O.HI/c1-16-14(17-2)18-8-7-12-9-20-13(19-12)10-3-5-11(15)6-4-10;/h3-6,9H,7-8H2,1-2H3,(H2,16,17,18);1H. The Morgan fingerprint density at radius 2 is 2.05 bits per heavy atom. The van der Waals surface area contributed by atoms with E-state index in [0.717, 1.165) is 17.2 Å². The molecule has 1 aromatic carbocycles. The van der Waals surface area contributed by atoms with Gasteiger partial charge >= 0.3 is 0 Å². The molecule has 1 heterocycles. The summed E-state index contributed by atoms with van der Waals surface area (Å²) in [5.74, 6) is 0.952. The van der Waals surface area contributed by atoms with Crippen LogP contribution in [0.15, 0.2) is 39.9 Å². The number of nitrogens with zero attached hydrogens (tertiary/aromatic N) is 2. The van der Waals surface area contributed by atoms with Crippen LogP contribution in [0.2, 0.25) is 0 Å². The highest BCUT2D eigenvalue weighted by molar-refractivity contribution is 14.0. The van der Waals surface area contributed by atoms with Gasteiger partial charge in [-0.3, -0.25) is 4.99 Å². The van der Waals surface area contributed by atoms with Gasteiger partial charge in [0.15, 0.2) is 5.96 Å². The molecule has 2 N–H and O–H groups in total. The number of hydrogen-bond acceptors (Lipinski definition) is 3. The van der Waals surface area contributed by atoms with Gasteiger partial charge in [-0.15, -0.1) is 24.0 Å². The van der Waals surface area contributed by atoms with Gasteiger partial charge in [0.1, 0.15) is 12.1 Å². The monoisotopic (exact) mass is 404 g/mol. The molecule has 0 aliphatic carbocycles. The number of aromatic nitrogens is 1. The lowest BCUT2D eigenvalue weighted by Gasteiger charge is -2.06. The van der Waals surface area contributed by atoms with E-state index in [-0.39, 0.29) is 29.8 Å². The predicted octanol–water partition coefficient (Wildman–Crippen LogP) is 2.44. The number of aliphatic imine (C=N–C) groups is 1. The second-order valence-electron chi connectivity index (χ2n) is 4.15. The minimum absolute atomic E-state index is 0. The van der Waals surface area contributed by atoms with E-state index in [1.54, 1.807) is 32.5 Å². The van der Waals surface area contributed by atoms with Crippen molar-refractivity contribution in [3.8, 4) is 11.5 Å². The molecule has 0 spiro atoms. The summed E-state index contributed by atoms with van der Waals surface area (Å²) in [7, 11) is 3.51. The second-order valence-corrected chi connectivity index (χ2v) is 4.15. The van der Waals surface area contributed by atoms with Crippen LogP contribution in [-0.4, -0.2) is 31.6 Å². The Bertz CT molecular complexity index is 583. The van der Waals surface area contributed by atoms with Gasteiger partial charge in [-0.1, -0.05) is 0 Å². The highest BCUT2D eigenvalue weighted by atomic mass is 127. The summed E-state index contributed by atoms with van der Waals surface area (Å²) in [5.41, 5.74) is 1.60. The number of hydrogen-bond donors (Lipinski definition) is 2. The molecule has 21 heavy (non-hydrogen) atoms. The van der Waals surface area contributed by atoms with Crippen molar-refractivity contribution in [1.82, 2.24) is 15.6 Å². The first-order chi connectivity index (χ1) is 9.72. The average Bonchev–Trinajstić information content (AvgIpc) is 2.93. The molecule has 0 bridgehead atoms. The molecule has 0 unspecified atom stereocenters. The highest BCUT2D eigenvalue weighted by Gasteiger charge is 2.06. The van der Waals surface area contributed by atoms with Crippen molar-refractivity contribution in [3.63, 3.8) is 0 Å². The number of guanidine groups is 1. The molecule has 114 valence electrons. The first-order valence-corrected chi connectivity index (χ1v) is 6.31. The van der Waals surface area contributed by atoms with E-state index < -0.39 is 0 Å². The summed E-state index contributed by atoms with van der Waals surface area (Å²) in [4.78, 5) is 8.38. The number of nitrogens with one attached hydrogen (secondary N) is 2. The van der Waals surface area contributed by atoms with Gasteiger partial charge in [-0.05, 0) is 24.3 Å². The Balaban J connectivity index is 0.00000220. The molecule has 0 fully saturated rings. The molecule has 0 amide bonds. The van der Waals surface area contributed by atoms with Crippen LogP contribution < -0.4 is 10.6 Å². The van der Waals surface area contributed by atoms with E-state index in [9.17, 15) is 4.39 Å². The third-order valence-electron chi connectivity index (χ3n) is 2.78. The van der Waals surface area contributed by atoms with Crippen LogP contribution in [0.25, 0.3) is 11.5 Å². The van der Waals surface area contributed by atoms with E-state index in [2.05, 4.69) is 20.6 Å². The summed E-state index contributed by atoms with van der Waals surface area (Å²) in [5, 5.41) is 6.07. The van der Waals surface area contributed by atoms with E-state index in [4.69, 9.17) is 4.42 Å². The summed E-state index contributed by atoms with van der Waals surface area (Å²) in [6.07, 6.45) is 2.33. The average molecular weight is 404 g/mol. The highest BCUT2D eigenvalue weighted by Crippen LogP contribution is 2.18. The number of rotatable bonds is 4. The number of halogens is 2. The fraction of sp³-hybridized carbons (Fsp3) is 0.286. The van der Waals surface area contributed by atoms with Gasteiger partial charge in [0.25, 0.3) is 0 Å². The second kappa shape index (κ2) is 8.60. The molecule has 2 rings (SSSR count). The zero-order valence-electron chi connectivity index (χ0n) is 11.9. The molecule has 5 nitrogen and oxygen atoms in total. The molecule has 0 saturated carbocycles. The van der Waals surface area contributed by atoms with Crippen LogP contribution in [0.3, 0.4) is 0 Å². The van der Waals surface area contributed by atoms with Crippen molar-refractivity contribution in [2.75, 3.05) is 20.6 Å². The Labute approximate surface area is 140 Å². The zero-order chi connectivity index (χ0) is 14.4. The van der Waals surface area contributed by atoms with Crippen LogP contribution in [0, 0.1) is 5.82 Å². The first kappa shape index (κ1) is 17.4. The lowest BCUT2D eigenvalue weighted by molar-refractivity contribution is 0.571. The maximum absolute atomic E-state index is 12.8. The Morgan fingerprint density at radius 3 is 2.67 bits per heavy atom. The molecule has 2 aromatic rings. The predicted molar refractivity (Wildman–Crippen MR) is 91.4 cm³/mol. The topological polar surface area (TPSA) is 62.5 Å². The van der Waals surface area contributed by atoms with Gasteiger partial charge in [0.05, 0.1) is 5.69 Å². The van der Waals surface area contributed by atoms with E-state index in [1.165, 1.54) is 12.1 Å². The molecule has 0 aliphatic heterocycles. The lowest BCUT2D eigenvalue weighted by atomic mass is 10.2. The molecule has 0 saturated heterocycles. The minimum atomic E-state index is -0.275. The fourth-order valence-corrected chi connectivity index (χ4v) is 1.74. The first-order valence-electron chi connectivity index (χ1n) is 6.31. The van der Waals surface area contributed by atoms with Crippen LogP contribution in [0.4, 0.5) is 4.39 Å². The molecule has 0 atom stereocenters. The van der Waals surface area contributed by atoms with Crippen molar-refractivity contribution < 1.29 is 8.81 Å². The maximum Gasteiger partial charge on any atom is 0.226 e. The van der Waals surface area contributed by atoms with Gasteiger partial charge < -0.3 is 15.1 Å². The van der Waals surface area contributed by atoms with Crippen LogP contribution in [0.5, 0.6) is 0 Å². The van der Waals surface area contributed by atoms with Crippen molar-refractivity contribution in [3.05, 3.63) is 42.0 Å². The summed E-state index contributed by atoms with van der Waals surface area (Å²) < 4.78 is 18.2. The molecule has 7 heteroatoms. The molecular weight excluding hydrogens is 386 g/mol. The smallest absolute Gasteiger partial charge is 0.226 e. The minimum Gasteiger partial charge on any atom is -0.444 e. The fourth-order valence-electron chi connectivity index (χ4n) is 1.74. The molecule has 1 aromatic heterocycles. The van der Waals surface area contributed by atoms with Crippen LogP contribution >= 0.6 is 24.0 Å².